The van der Waals surface area contributed by atoms with Crippen LogP contribution >= 0.6 is 11.3 Å². The van der Waals surface area contributed by atoms with Gasteiger partial charge in [-0.3, -0.25) is 10.1 Å². The van der Waals surface area contributed by atoms with E-state index in [0.717, 1.165) is 0 Å². The molecule has 1 heterocycles. The molecule has 17 heavy (non-hydrogen) atoms. The average Bonchev–Trinajstić information content (AvgIpc) is 2.81. The van der Waals surface area contributed by atoms with Crippen LogP contribution in [-0.4, -0.2) is 18.0 Å². The van der Waals surface area contributed by atoms with E-state index in [1.807, 2.05) is 0 Å². The lowest BCUT2D eigenvalue weighted by molar-refractivity contribution is 0.102. The Morgan fingerprint density at radius 1 is 1.53 bits per heavy atom. The van der Waals surface area contributed by atoms with E-state index in [-0.39, 0.29) is 5.91 Å². The summed E-state index contributed by atoms with van der Waals surface area (Å²) in [6, 6.07) is 5.07. The van der Waals surface area contributed by atoms with Gasteiger partial charge in [0.05, 0.1) is 7.11 Å². The number of rotatable bonds is 3. The predicted molar refractivity (Wildman–Crippen MR) is 67.5 cm³/mol. The molecule has 1 aromatic heterocycles. The number of anilines is 2. The van der Waals surface area contributed by atoms with Crippen molar-refractivity contribution in [1.29, 1.82) is 0 Å². The van der Waals surface area contributed by atoms with Gasteiger partial charge >= 0.3 is 0 Å². The van der Waals surface area contributed by atoms with E-state index in [9.17, 15) is 4.79 Å². The minimum atomic E-state index is -0.324. The number of nitrogens with zero attached hydrogens (tertiary/aromatic N) is 1. The number of nitrogen functional groups attached to an aromatic ring is 1. The molecule has 0 unspecified atom stereocenters. The monoisotopic (exact) mass is 249 g/mol. The molecule has 88 valence electrons. The summed E-state index contributed by atoms with van der Waals surface area (Å²) in [5.74, 6) is 0.119. The molecule has 0 aliphatic carbocycles. The van der Waals surface area contributed by atoms with Crippen molar-refractivity contribution in [2.45, 2.75) is 0 Å². The van der Waals surface area contributed by atoms with Crippen molar-refractivity contribution in [3.63, 3.8) is 0 Å². The number of nitrogens with two attached hydrogens (primary N) is 1. The van der Waals surface area contributed by atoms with Gasteiger partial charge in [0.25, 0.3) is 5.91 Å². The Morgan fingerprint density at radius 2 is 2.35 bits per heavy atom. The molecule has 0 aliphatic rings. The number of carbonyl (C=O) groups excluding carboxylic acids is 1. The highest BCUT2D eigenvalue weighted by atomic mass is 32.1. The van der Waals surface area contributed by atoms with E-state index in [1.165, 1.54) is 18.4 Å². The van der Waals surface area contributed by atoms with Crippen molar-refractivity contribution in [3.8, 4) is 5.75 Å². The van der Waals surface area contributed by atoms with Crippen molar-refractivity contribution in [2.24, 2.45) is 0 Å². The summed E-state index contributed by atoms with van der Waals surface area (Å²) in [5, 5.41) is 4.97. The summed E-state index contributed by atoms with van der Waals surface area (Å²) in [5.41, 5.74) is 6.47. The Labute approximate surface area is 102 Å². The second-order valence-corrected chi connectivity index (χ2v) is 4.11. The van der Waals surface area contributed by atoms with E-state index in [4.69, 9.17) is 10.5 Å². The van der Waals surface area contributed by atoms with Gasteiger partial charge in [-0.25, -0.2) is 4.98 Å². The number of methoxy groups -OCH3 is 1. The largest absolute Gasteiger partial charge is 0.496 e. The number of hydrogen-bond donors (Lipinski definition) is 2. The number of carbonyl (C=O) groups is 1. The predicted octanol–water partition coefficient (Wildman–Crippen LogP) is 1.99. The first-order valence-electron chi connectivity index (χ1n) is 4.85. The molecule has 3 N–H and O–H groups in total. The third kappa shape index (κ3) is 2.36. The molecule has 0 aliphatic heterocycles. The Bertz CT molecular complexity index is 526. The standard InChI is InChI=1S/C11H11N3O2S/c1-16-8-4-2-3-7(12)9(8)10(15)14-11-13-5-6-17-11/h2-6H,12H2,1H3,(H,13,14,15). The Balaban J connectivity index is 2.30. The van der Waals surface area contributed by atoms with Crippen LogP contribution in [-0.2, 0) is 0 Å². The van der Waals surface area contributed by atoms with Crippen LogP contribution in [0.25, 0.3) is 0 Å². The van der Waals surface area contributed by atoms with Crippen molar-refractivity contribution in [3.05, 3.63) is 35.3 Å². The first kappa shape index (κ1) is 11.4. The lowest BCUT2D eigenvalue weighted by Crippen LogP contribution is -2.15. The molecule has 6 heteroatoms. The molecular weight excluding hydrogens is 238 g/mol. The van der Waals surface area contributed by atoms with Crippen LogP contribution in [0.1, 0.15) is 10.4 Å². The van der Waals surface area contributed by atoms with Crippen LogP contribution in [0.3, 0.4) is 0 Å². The molecule has 1 aromatic carbocycles. The van der Waals surface area contributed by atoms with Crippen LogP contribution in [0.2, 0.25) is 0 Å². The van der Waals surface area contributed by atoms with E-state index >= 15 is 0 Å². The highest BCUT2D eigenvalue weighted by Crippen LogP contribution is 2.25. The van der Waals surface area contributed by atoms with Crippen molar-refractivity contribution in [2.75, 3.05) is 18.2 Å². The molecule has 1 amide bonds. The van der Waals surface area contributed by atoms with Crippen molar-refractivity contribution >= 4 is 28.1 Å². The molecule has 0 fully saturated rings. The first-order valence-corrected chi connectivity index (χ1v) is 5.73. The maximum Gasteiger partial charge on any atom is 0.263 e. The van der Waals surface area contributed by atoms with Gasteiger partial charge in [-0.1, -0.05) is 6.07 Å². The van der Waals surface area contributed by atoms with Gasteiger partial charge in [0, 0.05) is 17.3 Å². The topological polar surface area (TPSA) is 77.2 Å². The van der Waals surface area contributed by atoms with Gasteiger partial charge in [0.2, 0.25) is 0 Å². The zero-order valence-electron chi connectivity index (χ0n) is 9.14. The van der Waals surface area contributed by atoms with Crippen LogP contribution < -0.4 is 15.8 Å². The lowest BCUT2D eigenvalue weighted by Gasteiger charge is -2.09. The Hall–Kier alpha value is -2.08. The van der Waals surface area contributed by atoms with E-state index in [0.29, 0.717) is 22.1 Å². The van der Waals surface area contributed by atoms with Crippen molar-refractivity contribution in [1.82, 2.24) is 4.98 Å². The molecule has 0 saturated carbocycles. The van der Waals surface area contributed by atoms with Crippen LogP contribution in [0.15, 0.2) is 29.8 Å². The quantitative estimate of drug-likeness (QED) is 0.815. The zero-order chi connectivity index (χ0) is 12.3. The van der Waals surface area contributed by atoms with Crippen LogP contribution in [0.5, 0.6) is 5.75 Å². The molecule has 0 spiro atoms. The highest BCUT2D eigenvalue weighted by molar-refractivity contribution is 7.13. The molecule has 2 aromatic rings. The van der Waals surface area contributed by atoms with Crippen molar-refractivity contribution < 1.29 is 9.53 Å². The van der Waals surface area contributed by atoms with E-state index < -0.39 is 0 Å². The van der Waals surface area contributed by atoms with Gasteiger partial charge in [-0.15, -0.1) is 11.3 Å². The third-order valence-corrected chi connectivity index (χ3v) is 2.85. The summed E-state index contributed by atoms with van der Waals surface area (Å²) < 4.78 is 5.11. The second kappa shape index (κ2) is 4.84. The van der Waals surface area contributed by atoms with Crippen LogP contribution in [0, 0.1) is 0 Å². The molecule has 2 rings (SSSR count). The number of hydrogen-bond acceptors (Lipinski definition) is 5. The fourth-order valence-electron chi connectivity index (χ4n) is 1.41. The summed E-state index contributed by atoms with van der Waals surface area (Å²) >= 11 is 1.34. The summed E-state index contributed by atoms with van der Waals surface area (Å²) in [4.78, 5) is 16.0. The lowest BCUT2D eigenvalue weighted by atomic mass is 10.1. The number of ether oxygens (including phenoxy) is 1. The van der Waals surface area contributed by atoms with Gasteiger partial charge < -0.3 is 10.5 Å². The van der Waals surface area contributed by atoms with Gasteiger partial charge in [0.1, 0.15) is 11.3 Å². The van der Waals surface area contributed by atoms with Crippen LogP contribution in [0.4, 0.5) is 10.8 Å². The first-order chi connectivity index (χ1) is 8.22. The van der Waals surface area contributed by atoms with Gasteiger partial charge in [0.15, 0.2) is 5.13 Å². The average molecular weight is 249 g/mol. The summed E-state index contributed by atoms with van der Waals surface area (Å²) in [6.45, 7) is 0. The summed E-state index contributed by atoms with van der Waals surface area (Å²) in [6.07, 6.45) is 1.62. The number of benzene rings is 1. The van der Waals surface area contributed by atoms with E-state index in [2.05, 4.69) is 10.3 Å². The zero-order valence-corrected chi connectivity index (χ0v) is 9.95. The maximum atomic E-state index is 12.0. The smallest absolute Gasteiger partial charge is 0.263 e. The normalized spacial score (nSPS) is 9.94. The Morgan fingerprint density at radius 3 is 3.00 bits per heavy atom. The minimum Gasteiger partial charge on any atom is -0.496 e. The number of aromatic nitrogens is 1. The molecule has 0 saturated heterocycles. The molecule has 0 radical (unpaired) electrons. The third-order valence-electron chi connectivity index (χ3n) is 2.16. The maximum absolute atomic E-state index is 12.0. The van der Waals surface area contributed by atoms with Gasteiger partial charge in [-0.05, 0) is 12.1 Å². The molecular formula is C11H11N3O2S. The fourth-order valence-corrected chi connectivity index (χ4v) is 1.93. The second-order valence-electron chi connectivity index (χ2n) is 3.22. The number of nitrogens with one attached hydrogen (secondary N) is 1. The Kier molecular flexibility index (Phi) is 3.24. The summed E-state index contributed by atoms with van der Waals surface area (Å²) in [7, 11) is 1.49. The minimum absolute atomic E-state index is 0.324. The van der Waals surface area contributed by atoms with E-state index in [1.54, 1.807) is 29.8 Å². The number of thiazole rings is 1. The SMILES string of the molecule is COc1cccc(N)c1C(=O)Nc1nccs1. The molecule has 0 atom stereocenters. The molecule has 0 bridgehead atoms. The van der Waals surface area contributed by atoms with Gasteiger partial charge in [-0.2, -0.15) is 0 Å². The highest BCUT2D eigenvalue weighted by Gasteiger charge is 2.16. The molecule has 5 nitrogen and oxygen atoms in total. The fraction of sp³-hybridized carbons (Fsp3) is 0.0909. The number of amides is 1.